The van der Waals surface area contributed by atoms with Gasteiger partial charge in [-0.1, -0.05) is 19.9 Å². The summed E-state index contributed by atoms with van der Waals surface area (Å²) >= 11 is 0. The number of carbonyl (C=O) groups is 2. The van der Waals surface area contributed by atoms with Crippen LogP contribution in [0, 0.1) is 5.92 Å². The monoisotopic (exact) mass is 486 g/mol. The molecule has 9 nitrogen and oxygen atoms in total. The summed E-state index contributed by atoms with van der Waals surface area (Å²) in [6.45, 7) is 4.14. The minimum Gasteiger partial charge on any atom is -0.493 e. The van der Waals surface area contributed by atoms with Crippen molar-refractivity contribution < 1.29 is 33.3 Å². The van der Waals surface area contributed by atoms with Gasteiger partial charge in [0.2, 0.25) is 0 Å². The molecule has 1 aliphatic heterocycles. The summed E-state index contributed by atoms with van der Waals surface area (Å²) < 4.78 is 26.9. The molecule has 3 rings (SSSR count). The molecule has 190 valence electrons. The van der Waals surface area contributed by atoms with Crippen LogP contribution in [0.2, 0.25) is 0 Å². The first-order valence-electron chi connectivity index (χ1n) is 11.4. The molecule has 1 N–H and O–H groups in total. The third-order valence-electron chi connectivity index (χ3n) is 6.26. The predicted molar refractivity (Wildman–Crippen MR) is 131 cm³/mol. The maximum Gasteiger partial charge on any atom is 0.328 e. The number of urea groups is 1. The maximum atomic E-state index is 13.6. The van der Waals surface area contributed by atoms with E-state index in [-0.39, 0.29) is 11.9 Å². The Kier molecular flexibility index (Phi) is 8.32. The van der Waals surface area contributed by atoms with Gasteiger partial charge in [0.25, 0.3) is 0 Å². The molecule has 1 unspecified atom stereocenters. The first-order chi connectivity index (χ1) is 16.8. The second-order valence-electron chi connectivity index (χ2n) is 8.56. The third kappa shape index (κ3) is 5.23. The second kappa shape index (κ2) is 11.2. The summed E-state index contributed by atoms with van der Waals surface area (Å²) in [6.07, 6.45) is 0.609. The van der Waals surface area contributed by atoms with E-state index in [0.717, 1.165) is 16.7 Å². The van der Waals surface area contributed by atoms with Gasteiger partial charge in [-0.15, -0.1) is 0 Å². The highest BCUT2D eigenvalue weighted by atomic mass is 16.5. The van der Waals surface area contributed by atoms with E-state index < -0.39 is 18.1 Å². The van der Waals surface area contributed by atoms with Gasteiger partial charge in [-0.2, -0.15) is 0 Å². The van der Waals surface area contributed by atoms with Gasteiger partial charge in [0.05, 0.1) is 41.6 Å². The molecular formula is C26H34N2O7. The lowest BCUT2D eigenvalue weighted by Gasteiger charge is -2.39. The lowest BCUT2D eigenvalue weighted by atomic mass is 9.87. The van der Waals surface area contributed by atoms with Gasteiger partial charge in [-0.25, -0.2) is 9.59 Å². The molecule has 1 aliphatic rings. The van der Waals surface area contributed by atoms with E-state index in [2.05, 4.69) is 5.32 Å². The molecule has 0 bridgehead atoms. The Hall–Kier alpha value is -3.62. The lowest BCUT2D eigenvalue weighted by molar-refractivity contribution is -0.144. The van der Waals surface area contributed by atoms with Crippen molar-refractivity contribution in [2.75, 3.05) is 42.1 Å². The predicted octanol–water partition coefficient (Wildman–Crippen LogP) is 3.58. The van der Waals surface area contributed by atoms with Gasteiger partial charge in [0.1, 0.15) is 6.04 Å². The van der Waals surface area contributed by atoms with Crippen LogP contribution in [0.5, 0.6) is 23.0 Å². The van der Waals surface area contributed by atoms with E-state index in [1.807, 2.05) is 44.2 Å². The number of esters is 1. The zero-order valence-corrected chi connectivity index (χ0v) is 21.3. The Balaban J connectivity index is 2.12. The molecule has 0 aromatic heterocycles. The summed E-state index contributed by atoms with van der Waals surface area (Å²) in [4.78, 5) is 27.6. The molecule has 0 fully saturated rings. The van der Waals surface area contributed by atoms with Gasteiger partial charge in [0.15, 0.2) is 23.0 Å². The van der Waals surface area contributed by atoms with E-state index in [0.29, 0.717) is 36.0 Å². The van der Waals surface area contributed by atoms with Gasteiger partial charge in [-0.05, 0) is 53.3 Å². The SMILES string of the molecule is COC(=O)[C@@H](NC(=O)N1CCc2cc(OC)c(OC)cc2C1c1ccc(OC)c(OC)c1)C(C)C. The normalized spacial score (nSPS) is 15.7. The summed E-state index contributed by atoms with van der Waals surface area (Å²) in [6, 6.07) is 7.81. The number of rotatable bonds is 8. The van der Waals surface area contributed by atoms with E-state index in [9.17, 15) is 9.59 Å². The van der Waals surface area contributed by atoms with Crippen molar-refractivity contribution in [2.24, 2.45) is 5.92 Å². The molecule has 0 aliphatic carbocycles. The van der Waals surface area contributed by atoms with Crippen molar-refractivity contribution >= 4 is 12.0 Å². The Bertz CT molecular complexity index is 1070. The van der Waals surface area contributed by atoms with Crippen LogP contribution in [0.15, 0.2) is 30.3 Å². The van der Waals surface area contributed by atoms with Gasteiger partial charge in [0, 0.05) is 6.54 Å². The molecule has 35 heavy (non-hydrogen) atoms. The van der Waals surface area contributed by atoms with Crippen molar-refractivity contribution in [3.8, 4) is 23.0 Å². The van der Waals surface area contributed by atoms with Gasteiger partial charge in [-0.3, -0.25) is 0 Å². The van der Waals surface area contributed by atoms with Crippen LogP contribution in [0.4, 0.5) is 4.79 Å². The molecule has 2 aromatic rings. The van der Waals surface area contributed by atoms with Crippen molar-refractivity contribution in [3.05, 3.63) is 47.0 Å². The number of methoxy groups -OCH3 is 5. The molecule has 0 spiro atoms. The molecular weight excluding hydrogens is 452 g/mol. The smallest absolute Gasteiger partial charge is 0.328 e. The zero-order valence-electron chi connectivity index (χ0n) is 21.3. The average molecular weight is 487 g/mol. The van der Waals surface area contributed by atoms with Crippen LogP contribution < -0.4 is 24.3 Å². The highest BCUT2D eigenvalue weighted by molar-refractivity contribution is 5.84. The number of hydrogen-bond acceptors (Lipinski definition) is 7. The Morgan fingerprint density at radius 3 is 2.06 bits per heavy atom. The van der Waals surface area contributed by atoms with Crippen molar-refractivity contribution in [3.63, 3.8) is 0 Å². The van der Waals surface area contributed by atoms with Crippen molar-refractivity contribution in [2.45, 2.75) is 32.4 Å². The highest BCUT2D eigenvalue weighted by Gasteiger charge is 2.36. The summed E-state index contributed by atoms with van der Waals surface area (Å²) in [5.41, 5.74) is 2.76. The highest BCUT2D eigenvalue weighted by Crippen LogP contribution is 2.42. The molecule has 0 radical (unpaired) electrons. The fraction of sp³-hybridized carbons (Fsp3) is 0.462. The summed E-state index contributed by atoms with van der Waals surface area (Å²) in [5.74, 6) is 1.69. The van der Waals surface area contributed by atoms with Crippen LogP contribution in [0.25, 0.3) is 0 Å². The Morgan fingerprint density at radius 2 is 1.49 bits per heavy atom. The number of carbonyl (C=O) groups excluding carboxylic acids is 2. The van der Waals surface area contributed by atoms with Crippen LogP contribution in [0.3, 0.4) is 0 Å². The summed E-state index contributed by atoms with van der Waals surface area (Å²) in [5, 5.41) is 2.87. The van der Waals surface area contributed by atoms with Crippen LogP contribution in [0.1, 0.15) is 36.6 Å². The molecule has 0 saturated carbocycles. The van der Waals surface area contributed by atoms with Crippen molar-refractivity contribution in [1.82, 2.24) is 10.2 Å². The number of ether oxygens (including phenoxy) is 5. The molecule has 1 heterocycles. The molecule has 2 aromatic carbocycles. The van der Waals surface area contributed by atoms with E-state index in [1.165, 1.54) is 7.11 Å². The topological polar surface area (TPSA) is 95.6 Å². The van der Waals surface area contributed by atoms with E-state index in [1.54, 1.807) is 33.3 Å². The fourth-order valence-corrected chi connectivity index (χ4v) is 4.39. The first kappa shape index (κ1) is 26.0. The van der Waals surface area contributed by atoms with Gasteiger partial charge < -0.3 is 33.9 Å². The van der Waals surface area contributed by atoms with Gasteiger partial charge >= 0.3 is 12.0 Å². The van der Waals surface area contributed by atoms with Crippen LogP contribution in [-0.4, -0.2) is 65.0 Å². The minimum absolute atomic E-state index is 0.146. The average Bonchev–Trinajstić information content (AvgIpc) is 2.88. The second-order valence-corrected chi connectivity index (χ2v) is 8.56. The standard InChI is InChI=1S/C26H34N2O7/c1-15(2)23(25(29)35-7)27-26(30)28-11-10-16-12-21(33-5)22(34-6)14-18(16)24(28)17-8-9-19(31-3)20(13-17)32-4/h8-9,12-15,23-24H,10-11H2,1-7H3,(H,27,30)/t23-,24?/m0/s1. The number of fused-ring (bicyclic) bond motifs is 1. The molecule has 0 saturated heterocycles. The van der Waals surface area contributed by atoms with Crippen LogP contribution in [-0.2, 0) is 16.0 Å². The number of benzene rings is 2. The van der Waals surface area contributed by atoms with Crippen LogP contribution >= 0.6 is 0 Å². The first-order valence-corrected chi connectivity index (χ1v) is 11.4. The largest absolute Gasteiger partial charge is 0.493 e. The van der Waals surface area contributed by atoms with E-state index >= 15 is 0 Å². The quantitative estimate of drug-likeness (QED) is 0.570. The molecule has 9 heteroatoms. The van der Waals surface area contributed by atoms with E-state index in [4.69, 9.17) is 23.7 Å². The molecule has 2 atom stereocenters. The number of amides is 2. The minimum atomic E-state index is -0.773. The molecule has 2 amide bonds. The number of hydrogen-bond donors (Lipinski definition) is 1. The Labute approximate surface area is 206 Å². The number of nitrogens with one attached hydrogen (secondary N) is 1. The number of nitrogens with zero attached hydrogens (tertiary/aromatic N) is 1. The maximum absolute atomic E-state index is 13.6. The van der Waals surface area contributed by atoms with Crippen molar-refractivity contribution in [1.29, 1.82) is 0 Å². The fourth-order valence-electron chi connectivity index (χ4n) is 4.39. The summed E-state index contributed by atoms with van der Waals surface area (Å²) in [7, 11) is 7.62. The Morgan fingerprint density at radius 1 is 0.886 bits per heavy atom. The third-order valence-corrected chi connectivity index (χ3v) is 6.26. The zero-order chi connectivity index (χ0) is 25.7. The lowest BCUT2D eigenvalue weighted by Crippen LogP contribution is -2.53.